The number of rotatable bonds is 8. The standard InChI is InChI=1S/C11H20O4/c1-3-8-15-11(14)9(2)10(13)6-4-5-7-12/h10,12-13H,2-8H2,1H3. The Bertz CT molecular complexity index is 201. The van der Waals surface area contributed by atoms with E-state index in [0.29, 0.717) is 25.9 Å². The smallest absolute Gasteiger partial charge is 0.336 e. The SMILES string of the molecule is C=C(C(=O)OCCC)C(O)CCCCO. The molecule has 4 nitrogen and oxygen atoms in total. The fraction of sp³-hybridized carbons (Fsp3) is 0.727. The van der Waals surface area contributed by atoms with E-state index in [-0.39, 0.29) is 12.2 Å². The van der Waals surface area contributed by atoms with E-state index >= 15 is 0 Å². The molecule has 0 fully saturated rings. The quantitative estimate of drug-likeness (QED) is 0.361. The number of hydrogen-bond donors (Lipinski definition) is 2. The maximum absolute atomic E-state index is 11.2. The first kappa shape index (κ1) is 14.1. The minimum Gasteiger partial charge on any atom is -0.462 e. The Morgan fingerprint density at radius 1 is 1.47 bits per heavy atom. The first-order valence-corrected chi connectivity index (χ1v) is 5.28. The summed E-state index contributed by atoms with van der Waals surface area (Å²) in [6.07, 6.45) is 1.60. The Balaban J connectivity index is 3.81. The van der Waals surface area contributed by atoms with E-state index in [2.05, 4.69) is 6.58 Å². The van der Waals surface area contributed by atoms with Crippen molar-refractivity contribution in [1.82, 2.24) is 0 Å². The predicted molar refractivity (Wildman–Crippen MR) is 57.3 cm³/mol. The van der Waals surface area contributed by atoms with Crippen LogP contribution in [0.25, 0.3) is 0 Å². The Hall–Kier alpha value is -0.870. The van der Waals surface area contributed by atoms with Crippen molar-refractivity contribution in [2.75, 3.05) is 13.2 Å². The summed E-state index contributed by atoms with van der Waals surface area (Å²) in [7, 11) is 0. The zero-order chi connectivity index (χ0) is 11.7. The van der Waals surface area contributed by atoms with Gasteiger partial charge in [0, 0.05) is 6.61 Å². The average Bonchev–Trinajstić information content (AvgIpc) is 2.24. The number of hydrogen-bond acceptors (Lipinski definition) is 4. The van der Waals surface area contributed by atoms with Crippen molar-refractivity contribution in [3.63, 3.8) is 0 Å². The fourth-order valence-corrected chi connectivity index (χ4v) is 1.05. The normalized spacial score (nSPS) is 12.2. The summed E-state index contributed by atoms with van der Waals surface area (Å²) in [5.74, 6) is -0.534. The van der Waals surface area contributed by atoms with E-state index < -0.39 is 12.1 Å². The lowest BCUT2D eigenvalue weighted by Crippen LogP contribution is -2.19. The molecular formula is C11H20O4. The van der Waals surface area contributed by atoms with Gasteiger partial charge in [0.15, 0.2) is 0 Å². The summed E-state index contributed by atoms with van der Waals surface area (Å²) in [5.41, 5.74) is 0.0985. The Morgan fingerprint density at radius 2 is 2.13 bits per heavy atom. The van der Waals surface area contributed by atoms with E-state index in [0.717, 1.165) is 6.42 Å². The van der Waals surface area contributed by atoms with Crippen molar-refractivity contribution in [2.24, 2.45) is 0 Å². The molecule has 0 rings (SSSR count). The molecular weight excluding hydrogens is 196 g/mol. The highest BCUT2D eigenvalue weighted by Crippen LogP contribution is 2.10. The van der Waals surface area contributed by atoms with Crippen LogP contribution >= 0.6 is 0 Å². The molecule has 1 atom stereocenters. The molecule has 0 heterocycles. The molecule has 0 bridgehead atoms. The molecule has 1 unspecified atom stereocenters. The number of carbonyl (C=O) groups excluding carboxylic acids is 1. The number of unbranched alkanes of at least 4 members (excludes halogenated alkanes) is 1. The van der Waals surface area contributed by atoms with Gasteiger partial charge in [0.05, 0.1) is 18.3 Å². The topological polar surface area (TPSA) is 66.8 Å². The summed E-state index contributed by atoms with van der Waals surface area (Å²) >= 11 is 0. The van der Waals surface area contributed by atoms with Gasteiger partial charge in [0.25, 0.3) is 0 Å². The molecule has 0 radical (unpaired) electrons. The molecule has 0 amide bonds. The summed E-state index contributed by atoms with van der Waals surface area (Å²) in [5, 5.41) is 18.1. The number of esters is 1. The van der Waals surface area contributed by atoms with E-state index in [4.69, 9.17) is 9.84 Å². The molecule has 0 aliphatic rings. The van der Waals surface area contributed by atoms with Crippen LogP contribution in [0.1, 0.15) is 32.6 Å². The maximum Gasteiger partial charge on any atom is 0.336 e. The van der Waals surface area contributed by atoms with Gasteiger partial charge in [0.1, 0.15) is 0 Å². The highest BCUT2D eigenvalue weighted by atomic mass is 16.5. The van der Waals surface area contributed by atoms with Crippen LogP contribution in [-0.4, -0.2) is 35.5 Å². The van der Waals surface area contributed by atoms with Crippen LogP contribution < -0.4 is 0 Å². The van der Waals surface area contributed by atoms with Gasteiger partial charge in [-0.15, -0.1) is 0 Å². The van der Waals surface area contributed by atoms with Crippen molar-refractivity contribution < 1.29 is 19.7 Å². The van der Waals surface area contributed by atoms with Crippen molar-refractivity contribution in [3.05, 3.63) is 12.2 Å². The van der Waals surface area contributed by atoms with E-state index in [1.807, 2.05) is 6.92 Å². The monoisotopic (exact) mass is 216 g/mol. The van der Waals surface area contributed by atoms with Gasteiger partial charge >= 0.3 is 5.97 Å². The van der Waals surface area contributed by atoms with Crippen LogP contribution in [0.2, 0.25) is 0 Å². The van der Waals surface area contributed by atoms with Gasteiger partial charge < -0.3 is 14.9 Å². The molecule has 0 aromatic carbocycles. The maximum atomic E-state index is 11.2. The number of aliphatic hydroxyl groups is 2. The van der Waals surface area contributed by atoms with Gasteiger partial charge in [0.2, 0.25) is 0 Å². The van der Waals surface area contributed by atoms with Crippen molar-refractivity contribution in [3.8, 4) is 0 Å². The second kappa shape index (κ2) is 8.44. The van der Waals surface area contributed by atoms with E-state index in [9.17, 15) is 9.90 Å². The first-order chi connectivity index (χ1) is 7.13. The molecule has 0 aliphatic heterocycles. The van der Waals surface area contributed by atoms with Crippen LogP contribution in [0.3, 0.4) is 0 Å². The van der Waals surface area contributed by atoms with Gasteiger partial charge in [-0.2, -0.15) is 0 Å². The largest absolute Gasteiger partial charge is 0.462 e. The molecule has 0 spiro atoms. The van der Waals surface area contributed by atoms with E-state index in [1.54, 1.807) is 0 Å². The second-order valence-corrected chi connectivity index (χ2v) is 3.40. The Morgan fingerprint density at radius 3 is 2.67 bits per heavy atom. The molecule has 4 heteroatoms. The number of ether oxygens (including phenoxy) is 1. The highest BCUT2D eigenvalue weighted by molar-refractivity contribution is 5.88. The van der Waals surface area contributed by atoms with Crippen LogP contribution in [-0.2, 0) is 9.53 Å². The minimum absolute atomic E-state index is 0.0967. The minimum atomic E-state index is -0.860. The van der Waals surface area contributed by atoms with Gasteiger partial charge in [-0.1, -0.05) is 13.5 Å². The summed E-state index contributed by atoms with van der Waals surface area (Å²) in [6, 6.07) is 0. The molecule has 88 valence electrons. The summed E-state index contributed by atoms with van der Waals surface area (Å²) < 4.78 is 4.83. The van der Waals surface area contributed by atoms with Gasteiger partial charge in [-0.3, -0.25) is 0 Å². The van der Waals surface area contributed by atoms with Crippen molar-refractivity contribution >= 4 is 5.97 Å². The Labute approximate surface area is 90.6 Å². The van der Waals surface area contributed by atoms with E-state index in [1.165, 1.54) is 0 Å². The highest BCUT2D eigenvalue weighted by Gasteiger charge is 2.16. The number of aliphatic hydroxyl groups excluding tert-OH is 2. The number of carbonyl (C=O) groups is 1. The molecule has 15 heavy (non-hydrogen) atoms. The molecule has 0 aromatic heterocycles. The first-order valence-electron chi connectivity index (χ1n) is 5.28. The lowest BCUT2D eigenvalue weighted by molar-refractivity contribution is -0.140. The average molecular weight is 216 g/mol. The van der Waals surface area contributed by atoms with Gasteiger partial charge in [-0.25, -0.2) is 4.79 Å². The van der Waals surface area contributed by atoms with Gasteiger partial charge in [-0.05, 0) is 25.7 Å². The molecule has 0 aromatic rings. The predicted octanol–water partition coefficient (Wildman–Crippen LogP) is 1.02. The third-order valence-electron chi connectivity index (χ3n) is 1.99. The summed E-state index contributed by atoms with van der Waals surface area (Å²) in [4.78, 5) is 11.2. The van der Waals surface area contributed by atoms with Crippen LogP contribution in [0.4, 0.5) is 0 Å². The molecule has 0 saturated heterocycles. The van der Waals surface area contributed by atoms with Crippen LogP contribution in [0.5, 0.6) is 0 Å². The zero-order valence-corrected chi connectivity index (χ0v) is 9.24. The van der Waals surface area contributed by atoms with Crippen molar-refractivity contribution in [2.45, 2.75) is 38.7 Å². The molecule has 2 N–H and O–H groups in total. The molecule has 0 aliphatic carbocycles. The Kier molecular flexibility index (Phi) is 7.95. The molecule has 0 saturated carbocycles. The van der Waals surface area contributed by atoms with Crippen LogP contribution in [0, 0.1) is 0 Å². The lowest BCUT2D eigenvalue weighted by atomic mass is 10.1. The summed E-state index contributed by atoms with van der Waals surface area (Å²) in [6.45, 7) is 5.84. The third-order valence-corrected chi connectivity index (χ3v) is 1.99. The second-order valence-electron chi connectivity index (χ2n) is 3.40. The third kappa shape index (κ3) is 6.25. The van der Waals surface area contributed by atoms with Crippen molar-refractivity contribution in [1.29, 1.82) is 0 Å². The van der Waals surface area contributed by atoms with Crippen LogP contribution in [0.15, 0.2) is 12.2 Å². The lowest BCUT2D eigenvalue weighted by Gasteiger charge is -2.12. The zero-order valence-electron chi connectivity index (χ0n) is 9.24. The fourth-order valence-electron chi connectivity index (χ4n) is 1.05.